The van der Waals surface area contributed by atoms with Gasteiger partial charge in [0, 0.05) is 6.54 Å². The molecule has 0 saturated carbocycles. The maximum absolute atomic E-state index is 12.4. The number of methoxy groups -OCH3 is 2. The van der Waals surface area contributed by atoms with Crippen LogP contribution in [0.2, 0.25) is 0 Å². The van der Waals surface area contributed by atoms with E-state index in [-0.39, 0.29) is 28.6 Å². The van der Waals surface area contributed by atoms with Crippen LogP contribution < -0.4 is 14.8 Å². The number of phenolic OH excluding ortho intramolecular Hbond substituents is 1. The highest BCUT2D eigenvalue weighted by molar-refractivity contribution is 6.21. The number of carbonyl (C=O) groups excluding carboxylic acids is 2. The van der Waals surface area contributed by atoms with Gasteiger partial charge in [-0.1, -0.05) is 13.8 Å². The molecule has 7 nitrogen and oxygen atoms in total. The van der Waals surface area contributed by atoms with Gasteiger partial charge in [0.05, 0.1) is 19.8 Å². The van der Waals surface area contributed by atoms with E-state index in [0.29, 0.717) is 12.1 Å². The molecular weight excluding hydrogens is 348 g/mol. The largest absolute Gasteiger partial charge is 0.502 e. The molecule has 0 heterocycles. The summed E-state index contributed by atoms with van der Waals surface area (Å²) in [6, 6.07) is 3.07. The van der Waals surface area contributed by atoms with Crippen LogP contribution in [-0.4, -0.2) is 62.1 Å². The standard InChI is InChI=1S/C20H30N2O5/c1-6-22(7-2)10-8-9-21-20(25)16(14(3)23)11-15-12-17(26-4)19(24)18(13-15)27-5/h11-13,24H,6-10H2,1-5H3,(H,21,25)/b16-11-. The second kappa shape index (κ2) is 11.2. The maximum atomic E-state index is 12.4. The lowest BCUT2D eigenvalue weighted by atomic mass is 10.1. The zero-order chi connectivity index (χ0) is 20.4. The van der Waals surface area contributed by atoms with Crippen LogP contribution in [0.25, 0.3) is 6.08 Å². The van der Waals surface area contributed by atoms with Gasteiger partial charge in [0.1, 0.15) is 0 Å². The molecule has 0 aromatic heterocycles. The Morgan fingerprint density at radius 1 is 1.15 bits per heavy atom. The Balaban J connectivity index is 2.92. The molecule has 0 atom stereocenters. The zero-order valence-corrected chi connectivity index (χ0v) is 16.8. The van der Waals surface area contributed by atoms with E-state index in [1.54, 1.807) is 0 Å². The molecule has 0 aliphatic heterocycles. The third-order valence-electron chi connectivity index (χ3n) is 4.27. The third kappa shape index (κ3) is 6.60. The SMILES string of the molecule is CCN(CC)CCCNC(=O)/C(=C\c1cc(OC)c(O)c(OC)c1)C(C)=O. The highest BCUT2D eigenvalue weighted by Crippen LogP contribution is 2.37. The fourth-order valence-electron chi connectivity index (χ4n) is 2.63. The fraction of sp³-hybridized carbons (Fsp3) is 0.500. The molecule has 0 spiro atoms. The van der Waals surface area contributed by atoms with Crippen molar-refractivity contribution in [2.45, 2.75) is 27.2 Å². The van der Waals surface area contributed by atoms with Crippen LogP contribution in [0.4, 0.5) is 0 Å². The number of nitrogens with zero attached hydrogens (tertiary/aromatic N) is 1. The minimum Gasteiger partial charge on any atom is -0.502 e. The molecule has 0 saturated heterocycles. The molecule has 0 bridgehead atoms. The maximum Gasteiger partial charge on any atom is 0.254 e. The quantitative estimate of drug-likeness (QED) is 0.266. The Labute approximate surface area is 161 Å². The van der Waals surface area contributed by atoms with E-state index in [4.69, 9.17) is 9.47 Å². The van der Waals surface area contributed by atoms with E-state index < -0.39 is 5.91 Å². The van der Waals surface area contributed by atoms with E-state index in [1.165, 1.54) is 39.4 Å². The molecular formula is C20H30N2O5. The lowest BCUT2D eigenvalue weighted by molar-refractivity contribution is -0.121. The summed E-state index contributed by atoms with van der Waals surface area (Å²) < 4.78 is 10.2. The number of ether oxygens (including phenoxy) is 2. The molecule has 0 radical (unpaired) electrons. The number of aromatic hydroxyl groups is 1. The minimum absolute atomic E-state index is 0.0348. The van der Waals surface area contributed by atoms with Gasteiger partial charge < -0.3 is 24.8 Å². The number of amides is 1. The first-order chi connectivity index (χ1) is 12.9. The number of benzene rings is 1. The van der Waals surface area contributed by atoms with Crippen LogP contribution >= 0.6 is 0 Å². The average molecular weight is 378 g/mol. The Hall–Kier alpha value is -2.54. The third-order valence-corrected chi connectivity index (χ3v) is 4.27. The number of phenols is 1. The first-order valence-corrected chi connectivity index (χ1v) is 9.06. The number of carbonyl (C=O) groups is 2. The summed E-state index contributed by atoms with van der Waals surface area (Å²) in [5.41, 5.74) is 0.553. The first-order valence-electron chi connectivity index (χ1n) is 9.06. The van der Waals surface area contributed by atoms with E-state index in [2.05, 4.69) is 24.1 Å². The van der Waals surface area contributed by atoms with E-state index in [9.17, 15) is 14.7 Å². The first kappa shape index (κ1) is 22.5. The Kier molecular flexibility index (Phi) is 9.36. The van der Waals surface area contributed by atoms with Crippen molar-refractivity contribution < 1.29 is 24.2 Å². The van der Waals surface area contributed by atoms with Crippen LogP contribution in [0.3, 0.4) is 0 Å². The number of hydrogen-bond donors (Lipinski definition) is 2. The van der Waals surface area contributed by atoms with E-state index >= 15 is 0 Å². The van der Waals surface area contributed by atoms with Crippen LogP contribution in [0.1, 0.15) is 32.8 Å². The molecule has 150 valence electrons. The monoisotopic (exact) mass is 378 g/mol. The predicted molar refractivity (Wildman–Crippen MR) is 105 cm³/mol. The van der Waals surface area contributed by atoms with Crippen molar-refractivity contribution in [1.82, 2.24) is 10.2 Å². The predicted octanol–water partition coefficient (Wildman–Crippen LogP) is 2.23. The number of nitrogens with one attached hydrogen (secondary N) is 1. The van der Waals surface area contributed by atoms with E-state index in [0.717, 1.165) is 26.1 Å². The van der Waals surface area contributed by atoms with Crippen molar-refractivity contribution in [2.24, 2.45) is 0 Å². The highest BCUT2D eigenvalue weighted by Gasteiger charge is 2.16. The molecule has 0 aliphatic rings. The Morgan fingerprint density at radius 2 is 1.70 bits per heavy atom. The number of ketones is 1. The molecule has 27 heavy (non-hydrogen) atoms. The topological polar surface area (TPSA) is 88.1 Å². The average Bonchev–Trinajstić information content (AvgIpc) is 2.66. The molecule has 1 aromatic carbocycles. The summed E-state index contributed by atoms with van der Waals surface area (Å²) in [4.78, 5) is 26.6. The van der Waals surface area contributed by atoms with Crippen molar-refractivity contribution in [3.05, 3.63) is 23.3 Å². The number of Topliss-reactive ketones (excluding diaryl/α,β-unsaturated/α-hetero) is 1. The van der Waals surface area contributed by atoms with Gasteiger partial charge in [0.15, 0.2) is 17.3 Å². The zero-order valence-electron chi connectivity index (χ0n) is 16.8. The van der Waals surface area contributed by atoms with Gasteiger partial charge in [-0.05, 0) is 56.8 Å². The molecule has 0 unspecified atom stereocenters. The molecule has 0 aliphatic carbocycles. The molecule has 1 aromatic rings. The lowest BCUT2D eigenvalue weighted by Crippen LogP contribution is -2.31. The summed E-state index contributed by atoms with van der Waals surface area (Å²) >= 11 is 0. The van der Waals surface area contributed by atoms with Crippen LogP contribution in [-0.2, 0) is 9.59 Å². The Morgan fingerprint density at radius 3 is 2.15 bits per heavy atom. The fourth-order valence-corrected chi connectivity index (χ4v) is 2.63. The van der Waals surface area contributed by atoms with Crippen LogP contribution in [0, 0.1) is 0 Å². The van der Waals surface area contributed by atoms with E-state index in [1.807, 2.05) is 0 Å². The van der Waals surface area contributed by atoms with Gasteiger partial charge in [-0.15, -0.1) is 0 Å². The highest BCUT2D eigenvalue weighted by atomic mass is 16.5. The summed E-state index contributed by atoms with van der Waals surface area (Å²) in [6.45, 7) is 8.84. The van der Waals surface area contributed by atoms with Crippen molar-refractivity contribution in [3.63, 3.8) is 0 Å². The van der Waals surface area contributed by atoms with Gasteiger partial charge >= 0.3 is 0 Å². The second-order valence-corrected chi connectivity index (χ2v) is 6.02. The summed E-state index contributed by atoms with van der Waals surface area (Å²) in [5, 5.41) is 12.8. The van der Waals surface area contributed by atoms with Crippen molar-refractivity contribution in [1.29, 1.82) is 0 Å². The molecule has 2 N–H and O–H groups in total. The van der Waals surface area contributed by atoms with Crippen LogP contribution in [0.15, 0.2) is 17.7 Å². The smallest absolute Gasteiger partial charge is 0.254 e. The van der Waals surface area contributed by atoms with Gasteiger partial charge in [-0.3, -0.25) is 9.59 Å². The molecule has 1 rings (SSSR count). The minimum atomic E-state index is -0.423. The van der Waals surface area contributed by atoms with Crippen molar-refractivity contribution in [2.75, 3.05) is 40.4 Å². The van der Waals surface area contributed by atoms with Gasteiger partial charge in [0.2, 0.25) is 5.75 Å². The van der Waals surface area contributed by atoms with Gasteiger partial charge in [-0.25, -0.2) is 0 Å². The van der Waals surface area contributed by atoms with Crippen molar-refractivity contribution in [3.8, 4) is 17.2 Å². The second-order valence-electron chi connectivity index (χ2n) is 6.02. The Bertz CT molecular complexity index is 656. The van der Waals surface area contributed by atoms with Crippen molar-refractivity contribution >= 4 is 17.8 Å². The summed E-state index contributed by atoms with van der Waals surface area (Å²) in [5.74, 6) is -0.510. The summed E-state index contributed by atoms with van der Waals surface area (Å²) in [7, 11) is 2.83. The van der Waals surface area contributed by atoms with Crippen LogP contribution in [0.5, 0.6) is 17.2 Å². The summed E-state index contributed by atoms with van der Waals surface area (Å²) in [6.07, 6.45) is 2.27. The lowest BCUT2D eigenvalue weighted by Gasteiger charge is -2.17. The normalized spacial score (nSPS) is 11.4. The van der Waals surface area contributed by atoms with Gasteiger partial charge in [0.25, 0.3) is 5.91 Å². The molecule has 1 amide bonds. The number of hydrogen-bond acceptors (Lipinski definition) is 6. The molecule has 7 heteroatoms. The molecule has 0 fully saturated rings. The van der Waals surface area contributed by atoms with Gasteiger partial charge in [-0.2, -0.15) is 0 Å². The number of rotatable bonds is 11.